The number of Topliss-reactive ketones (excluding diaryl/α,β-unsaturated/α-hetero) is 1. The van der Waals surface area contributed by atoms with E-state index in [0.717, 1.165) is 11.1 Å². The van der Waals surface area contributed by atoms with Crippen molar-refractivity contribution in [1.82, 2.24) is 0 Å². The monoisotopic (exact) mass is 236 g/mol. The number of benzene rings is 1. The molecule has 4 nitrogen and oxygen atoms in total. The van der Waals surface area contributed by atoms with Gasteiger partial charge in [-0.2, -0.15) is 0 Å². The first-order chi connectivity index (χ1) is 7.88. The van der Waals surface area contributed by atoms with Gasteiger partial charge in [0, 0.05) is 0 Å². The van der Waals surface area contributed by atoms with Crippen LogP contribution in [0.15, 0.2) is 12.1 Å². The number of carbonyl (C=O) groups excluding carboxylic acids is 1. The van der Waals surface area contributed by atoms with E-state index in [-0.39, 0.29) is 0 Å². The predicted octanol–water partition coefficient (Wildman–Crippen LogP) is 2.22. The molecule has 0 fully saturated rings. The molecule has 0 heterocycles. The van der Waals surface area contributed by atoms with Gasteiger partial charge in [-0.25, -0.2) is 0 Å². The maximum absolute atomic E-state index is 12.0. The molecule has 0 aromatic heterocycles. The summed E-state index contributed by atoms with van der Waals surface area (Å²) in [4.78, 5) is 22.8. The molecular weight excluding hydrogens is 220 g/mol. The quantitative estimate of drug-likeness (QED) is 0.643. The zero-order valence-electron chi connectivity index (χ0n) is 10.4. The Hall–Kier alpha value is -1.84. The second kappa shape index (κ2) is 4.99. The number of ketones is 1. The van der Waals surface area contributed by atoms with Crippen LogP contribution in [0.2, 0.25) is 0 Å². The van der Waals surface area contributed by atoms with Crippen molar-refractivity contribution in [3.05, 3.63) is 28.8 Å². The molecule has 0 radical (unpaired) electrons. The number of carbonyl (C=O) groups is 2. The summed E-state index contributed by atoms with van der Waals surface area (Å²) in [5.74, 6) is -2.20. The smallest absolute Gasteiger partial charge is 0.314 e. The second-order valence-corrected chi connectivity index (χ2v) is 4.06. The Balaban J connectivity index is 3.25. The molecule has 0 spiro atoms. The number of rotatable bonds is 4. The molecule has 0 aliphatic rings. The van der Waals surface area contributed by atoms with Gasteiger partial charge in [0.2, 0.25) is 0 Å². The van der Waals surface area contributed by atoms with Crippen LogP contribution in [0.25, 0.3) is 0 Å². The van der Waals surface area contributed by atoms with E-state index in [1.54, 1.807) is 12.1 Å². The highest BCUT2D eigenvalue weighted by Crippen LogP contribution is 2.25. The van der Waals surface area contributed by atoms with E-state index in [2.05, 4.69) is 0 Å². The Morgan fingerprint density at radius 2 is 1.76 bits per heavy atom. The molecule has 0 aliphatic carbocycles. The fourth-order valence-electron chi connectivity index (χ4n) is 1.50. The maximum atomic E-state index is 12.0. The molecule has 0 bridgehead atoms. The Kier molecular flexibility index (Phi) is 3.89. The first kappa shape index (κ1) is 13.2. The third-order valence-electron chi connectivity index (χ3n) is 2.84. The van der Waals surface area contributed by atoms with Crippen molar-refractivity contribution in [3.8, 4) is 5.75 Å². The largest absolute Gasteiger partial charge is 0.496 e. The number of carboxylic acids is 1. The average Bonchev–Trinajstić information content (AvgIpc) is 2.29. The third-order valence-corrected chi connectivity index (χ3v) is 2.84. The fraction of sp³-hybridized carbons (Fsp3) is 0.385. The van der Waals surface area contributed by atoms with Gasteiger partial charge in [-0.3, -0.25) is 9.59 Å². The third kappa shape index (κ3) is 2.64. The van der Waals surface area contributed by atoms with Crippen molar-refractivity contribution in [2.45, 2.75) is 20.8 Å². The van der Waals surface area contributed by atoms with Crippen molar-refractivity contribution < 1.29 is 19.4 Å². The van der Waals surface area contributed by atoms with E-state index in [1.807, 2.05) is 13.8 Å². The van der Waals surface area contributed by atoms with Crippen LogP contribution >= 0.6 is 0 Å². The van der Waals surface area contributed by atoms with Gasteiger partial charge in [-0.05, 0) is 44.0 Å². The zero-order valence-corrected chi connectivity index (χ0v) is 10.4. The lowest BCUT2D eigenvalue weighted by Gasteiger charge is -2.12. The highest BCUT2D eigenvalue weighted by Gasteiger charge is 2.25. The van der Waals surface area contributed by atoms with Gasteiger partial charge < -0.3 is 9.84 Å². The minimum atomic E-state index is -1.13. The van der Waals surface area contributed by atoms with E-state index < -0.39 is 17.7 Å². The van der Waals surface area contributed by atoms with E-state index in [0.29, 0.717) is 11.3 Å². The van der Waals surface area contributed by atoms with Gasteiger partial charge >= 0.3 is 5.97 Å². The fourth-order valence-corrected chi connectivity index (χ4v) is 1.50. The number of aryl methyl sites for hydroxylation is 2. The van der Waals surface area contributed by atoms with E-state index in [1.165, 1.54) is 14.0 Å². The van der Waals surface area contributed by atoms with Gasteiger partial charge in [0.15, 0.2) is 5.78 Å². The molecule has 17 heavy (non-hydrogen) atoms. The minimum Gasteiger partial charge on any atom is -0.496 e. The van der Waals surface area contributed by atoms with Crippen LogP contribution in [0, 0.1) is 19.8 Å². The zero-order chi connectivity index (χ0) is 13.2. The SMILES string of the molecule is COc1cc(C)c(C)cc1C(=O)C(C)C(=O)O. The molecule has 92 valence electrons. The minimum absolute atomic E-state index is 0.325. The summed E-state index contributed by atoms with van der Waals surface area (Å²) in [5.41, 5.74) is 2.26. The summed E-state index contributed by atoms with van der Waals surface area (Å²) < 4.78 is 5.12. The summed E-state index contributed by atoms with van der Waals surface area (Å²) in [7, 11) is 1.46. The normalized spacial score (nSPS) is 12.0. The van der Waals surface area contributed by atoms with Gasteiger partial charge in [-0.1, -0.05) is 0 Å². The highest BCUT2D eigenvalue weighted by molar-refractivity contribution is 6.09. The van der Waals surface area contributed by atoms with Gasteiger partial charge in [0.1, 0.15) is 11.7 Å². The van der Waals surface area contributed by atoms with Crippen molar-refractivity contribution in [2.24, 2.45) is 5.92 Å². The molecule has 1 N–H and O–H groups in total. The van der Waals surface area contributed by atoms with Gasteiger partial charge in [0.05, 0.1) is 12.7 Å². The first-order valence-corrected chi connectivity index (χ1v) is 5.30. The van der Waals surface area contributed by atoms with Crippen molar-refractivity contribution in [2.75, 3.05) is 7.11 Å². The molecule has 0 saturated carbocycles. The number of hydrogen-bond acceptors (Lipinski definition) is 3. The van der Waals surface area contributed by atoms with Crippen molar-refractivity contribution in [1.29, 1.82) is 0 Å². The van der Waals surface area contributed by atoms with Crippen molar-refractivity contribution >= 4 is 11.8 Å². The van der Waals surface area contributed by atoms with Crippen LogP contribution in [0.4, 0.5) is 0 Å². The molecule has 1 aromatic rings. The Morgan fingerprint density at radius 1 is 1.24 bits per heavy atom. The lowest BCUT2D eigenvalue weighted by atomic mass is 9.95. The van der Waals surface area contributed by atoms with Crippen LogP contribution in [0.5, 0.6) is 5.75 Å². The standard InChI is InChI=1S/C13H16O4/c1-7-5-10(11(17-4)6-8(7)2)12(14)9(3)13(15)16/h5-6,9H,1-4H3,(H,15,16). The lowest BCUT2D eigenvalue weighted by molar-refractivity contribution is -0.139. The molecule has 0 aliphatic heterocycles. The number of methoxy groups -OCH3 is 1. The number of carboxylic acid groups (broad SMARTS) is 1. The maximum Gasteiger partial charge on any atom is 0.314 e. The first-order valence-electron chi connectivity index (χ1n) is 5.30. The summed E-state index contributed by atoms with van der Waals surface area (Å²) >= 11 is 0. The molecule has 1 aromatic carbocycles. The van der Waals surface area contributed by atoms with E-state index in [4.69, 9.17) is 9.84 Å². The summed E-state index contributed by atoms with van der Waals surface area (Å²) in [5, 5.41) is 8.84. The number of ether oxygens (including phenoxy) is 1. The van der Waals surface area contributed by atoms with Crippen LogP contribution in [-0.4, -0.2) is 24.0 Å². The van der Waals surface area contributed by atoms with E-state index in [9.17, 15) is 9.59 Å². The summed E-state index contributed by atoms with van der Waals surface area (Å²) in [6, 6.07) is 3.42. The van der Waals surface area contributed by atoms with Crippen molar-refractivity contribution in [3.63, 3.8) is 0 Å². The van der Waals surface area contributed by atoms with Gasteiger partial charge in [-0.15, -0.1) is 0 Å². The van der Waals surface area contributed by atoms with Crippen LogP contribution in [-0.2, 0) is 4.79 Å². The van der Waals surface area contributed by atoms with E-state index >= 15 is 0 Å². The van der Waals surface area contributed by atoms with Crippen LogP contribution < -0.4 is 4.74 Å². The van der Waals surface area contributed by atoms with Crippen LogP contribution in [0.1, 0.15) is 28.4 Å². The number of hydrogen-bond donors (Lipinski definition) is 1. The molecule has 0 saturated heterocycles. The number of aliphatic carboxylic acids is 1. The summed E-state index contributed by atoms with van der Waals surface area (Å²) in [6.07, 6.45) is 0. The summed E-state index contributed by atoms with van der Waals surface area (Å²) in [6.45, 7) is 5.16. The molecule has 4 heteroatoms. The average molecular weight is 236 g/mol. The molecule has 1 rings (SSSR count). The van der Waals surface area contributed by atoms with Crippen LogP contribution in [0.3, 0.4) is 0 Å². The Bertz CT molecular complexity index is 463. The Morgan fingerprint density at radius 3 is 2.24 bits per heavy atom. The molecule has 1 atom stereocenters. The second-order valence-electron chi connectivity index (χ2n) is 4.06. The predicted molar refractivity (Wildman–Crippen MR) is 63.6 cm³/mol. The lowest BCUT2D eigenvalue weighted by Crippen LogP contribution is -2.21. The highest BCUT2D eigenvalue weighted by atomic mass is 16.5. The van der Waals surface area contributed by atoms with Gasteiger partial charge in [0.25, 0.3) is 0 Å². The molecule has 1 unspecified atom stereocenters. The topological polar surface area (TPSA) is 63.6 Å². The Labute approximate surface area is 100 Å². The molecule has 0 amide bonds. The molecular formula is C13H16O4.